The number of carbonyl (C=O) groups excluding carboxylic acids is 1. The predicted molar refractivity (Wildman–Crippen MR) is 96.0 cm³/mol. The number of pyridine rings is 1. The predicted octanol–water partition coefficient (Wildman–Crippen LogP) is 4.50. The van der Waals surface area contributed by atoms with Crippen LogP contribution in [0.25, 0.3) is 17.0 Å². The molecule has 23 heavy (non-hydrogen) atoms. The summed E-state index contributed by atoms with van der Waals surface area (Å²) in [4.78, 5) is 18.8. The van der Waals surface area contributed by atoms with Gasteiger partial charge in [0.2, 0.25) is 0 Å². The number of carbonyl (C=O) groups is 1. The van der Waals surface area contributed by atoms with Gasteiger partial charge in [0, 0.05) is 18.0 Å². The van der Waals surface area contributed by atoms with E-state index in [4.69, 9.17) is 4.74 Å². The largest absolute Gasteiger partial charge is 0.497 e. The Morgan fingerprint density at radius 2 is 2.22 bits per heavy atom. The van der Waals surface area contributed by atoms with Gasteiger partial charge in [0.05, 0.1) is 23.6 Å². The molecule has 0 spiro atoms. The van der Waals surface area contributed by atoms with E-state index in [2.05, 4.69) is 18.5 Å². The smallest absolute Gasteiger partial charge is 0.282 e. The number of hydrogen-bond donors (Lipinski definition) is 0. The lowest BCUT2D eigenvalue weighted by atomic mass is 9.99. The van der Waals surface area contributed by atoms with Gasteiger partial charge >= 0.3 is 0 Å². The first-order valence-electron chi connectivity index (χ1n) is 7.67. The third-order valence-electron chi connectivity index (χ3n) is 4.32. The van der Waals surface area contributed by atoms with Crippen molar-refractivity contribution >= 4 is 34.0 Å². The quantitative estimate of drug-likeness (QED) is 0.828. The highest BCUT2D eigenvalue weighted by atomic mass is 32.2. The Morgan fingerprint density at radius 1 is 1.43 bits per heavy atom. The molecule has 2 unspecified atom stereocenters. The van der Waals surface area contributed by atoms with E-state index in [-0.39, 0.29) is 16.5 Å². The second kappa shape index (κ2) is 6.24. The van der Waals surface area contributed by atoms with Crippen molar-refractivity contribution in [2.75, 3.05) is 13.7 Å². The fraction of sp³-hybridized carbons (Fsp3) is 0.333. The Hall–Kier alpha value is -2.01. The Kier molecular flexibility index (Phi) is 4.31. The first-order valence-corrected chi connectivity index (χ1v) is 8.55. The van der Waals surface area contributed by atoms with Crippen LogP contribution in [0.15, 0.2) is 30.8 Å². The summed E-state index contributed by atoms with van der Waals surface area (Å²) in [5.74, 6) is 0.793. The lowest BCUT2D eigenvalue weighted by molar-refractivity contribution is 0.214. The molecule has 1 amide bonds. The summed E-state index contributed by atoms with van der Waals surface area (Å²) in [5, 5.41) is 1.25. The van der Waals surface area contributed by atoms with E-state index >= 15 is 0 Å². The number of thioether (sulfide) groups is 1. The zero-order valence-electron chi connectivity index (χ0n) is 13.6. The Bertz CT molecular complexity index is 775. The average molecular weight is 328 g/mol. The van der Waals surface area contributed by atoms with Crippen molar-refractivity contribution in [2.45, 2.75) is 25.1 Å². The molecule has 0 N–H and O–H groups in total. The Labute approximate surface area is 140 Å². The van der Waals surface area contributed by atoms with Crippen molar-refractivity contribution in [3.8, 4) is 5.75 Å². The van der Waals surface area contributed by atoms with Crippen molar-refractivity contribution in [2.24, 2.45) is 0 Å². The highest BCUT2D eigenvalue weighted by Gasteiger charge is 2.38. The van der Waals surface area contributed by atoms with Gasteiger partial charge in [-0.15, -0.1) is 0 Å². The summed E-state index contributed by atoms with van der Waals surface area (Å²) in [6, 6.07) is 8.04. The van der Waals surface area contributed by atoms with E-state index in [0.29, 0.717) is 0 Å². The van der Waals surface area contributed by atoms with Crippen LogP contribution in [0, 0.1) is 0 Å². The molecule has 1 aliphatic heterocycles. The molecule has 1 fully saturated rings. The Balaban J connectivity index is 2.18. The first kappa shape index (κ1) is 15.9. The van der Waals surface area contributed by atoms with Crippen molar-refractivity contribution in [1.82, 2.24) is 9.88 Å². The summed E-state index contributed by atoms with van der Waals surface area (Å²) in [7, 11) is 1.65. The van der Waals surface area contributed by atoms with Crippen LogP contribution in [0.4, 0.5) is 4.79 Å². The molecule has 2 atom stereocenters. The van der Waals surface area contributed by atoms with Crippen LogP contribution in [0.5, 0.6) is 5.75 Å². The van der Waals surface area contributed by atoms with Crippen LogP contribution in [-0.2, 0) is 0 Å². The van der Waals surface area contributed by atoms with E-state index < -0.39 is 0 Å². The summed E-state index contributed by atoms with van der Waals surface area (Å²) < 4.78 is 5.35. The topological polar surface area (TPSA) is 42.4 Å². The molecule has 1 aromatic carbocycles. The molecule has 0 aliphatic carbocycles. The van der Waals surface area contributed by atoms with Gasteiger partial charge in [-0.25, -0.2) is 4.98 Å². The molecular weight excluding hydrogens is 308 g/mol. The maximum absolute atomic E-state index is 12.2. The minimum absolute atomic E-state index is 0.0822. The van der Waals surface area contributed by atoms with Gasteiger partial charge in [-0.05, 0) is 49.8 Å². The number of ether oxygens (including phenoxy) is 1. The molecule has 4 nitrogen and oxygen atoms in total. The fourth-order valence-electron chi connectivity index (χ4n) is 3.06. The van der Waals surface area contributed by atoms with Gasteiger partial charge in [0.15, 0.2) is 0 Å². The maximum Gasteiger partial charge on any atom is 0.282 e. The number of hydrogen-bond acceptors (Lipinski definition) is 4. The van der Waals surface area contributed by atoms with Gasteiger partial charge in [-0.2, -0.15) is 0 Å². The molecule has 0 bridgehead atoms. The SMILES string of the molecule is C=Cc1cc(C2SC(=O)N(CC)C2C)c2cc(OC)ccc2n1. The van der Waals surface area contributed by atoms with Crippen LogP contribution < -0.4 is 4.74 Å². The maximum atomic E-state index is 12.2. The molecule has 1 aromatic heterocycles. The molecule has 120 valence electrons. The summed E-state index contributed by atoms with van der Waals surface area (Å²) in [5.41, 5.74) is 2.84. The number of rotatable bonds is 4. The average Bonchev–Trinajstić information content (AvgIpc) is 2.86. The third kappa shape index (κ3) is 2.70. The standard InChI is InChI=1S/C18H20N2O2S/c1-5-12-9-15(17-11(3)20(6-2)18(21)23-17)14-10-13(22-4)7-8-16(14)19-12/h5,7-11,17H,1,6H2,2-4H3. The molecule has 3 rings (SSSR count). The van der Waals surface area contributed by atoms with Crippen molar-refractivity contribution in [3.63, 3.8) is 0 Å². The van der Waals surface area contributed by atoms with Crippen LogP contribution >= 0.6 is 11.8 Å². The summed E-state index contributed by atoms with van der Waals surface area (Å²) in [6.45, 7) is 8.68. The molecule has 2 aromatic rings. The normalized spacial score (nSPS) is 21.0. The second-order valence-electron chi connectivity index (χ2n) is 5.55. The van der Waals surface area contributed by atoms with E-state index in [9.17, 15) is 4.79 Å². The fourth-order valence-corrected chi connectivity index (χ4v) is 4.38. The van der Waals surface area contributed by atoms with Crippen molar-refractivity contribution < 1.29 is 9.53 Å². The molecule has 1 aliphatic rings. The molecule has 0 saturated carbocycles. The summed E-state index contributed by atoms with van der Waals surface area (Å²) in [6.07, 6.45) is 1.75. The van der Waals surface area contributed by atoms with E-state index in [0.717, 1.165) is 34.5 Å². The molecule has 2 heterocycles. The first-order chi connectivity index (χ1) is 11.1. The monoisotopic (exact) mass is 328 g/mol. The third-order valence-corrected chi connectivity index (χ3v) is 5.65. The lowest BCUT2D eigenvalue weighted by Crippen LogP contribution is -2.31. The molecular formula is C18H20N2O2S. The van der Waals surface area contributed by atoms with Gasteiger partial charge in [0.25, 0.3) is 5.24 Å². The molecule has 0 radical (unpaired) electrons. The zero-order valence-corrected chi connectivity index (χ0v) is 14.4. The highest BCUT2D eigenvalue weighted by Crippen LogP contribution is 2.45. The number of aromatic nitrogens is 1. The second-order valence-corrected chi connectivity index (χ2v) is 6.65. The summed E-state index contributed by atoms with van der Waals surface area (Å²) >= 11 is 1.39. The van der Waals surface area contributed by atoms with Gasteiger partial charge in [-0.3, -0.25) is 4.79 Å². The number of nitrogens with zero attached hydrogens (tertiary/aromatic N) is 2. The minimum Gasteiger partial charge on any atom is -0.497 e. The highest BCUT2D eigenvalue weighted by molar-refractivity contribution is 8.14. The van der Waals surface area contributed by atoms with Crippen LogP contribution in [0.2, 0.25) is 0 Å². The van der Waals surface area contributed by atoms with Crippen LogP contribution in [0.3, 0.4) is 0 Å². The molecule has 1 saturated heterocycles. The zero-order chi connectivity index (χ0) is 16.6. The van der Waals surface area contributed by atoms with E-state index in [1.165, 1.54) is 11.8 Å². The number of likely N-dealkylation sites (N-methyl/N-ethyl adjacent to an activating group) is 1. The van der Waals surface area contributed by atoms with Crippen molar-refractivity contribution in [1.29, 1.82) is 0 Å². The van der Waals surface area contributed by atoms with E-state index in [1.54, 1.807) is 13.2 Å². The molecule has 5 heteroatoms. The van der Waals surface area contributed by atoms with Crippen LogP contribution in [-0.4, -0.2) is 34.8 Å². The Morgan fingerprint density at radius 3 is 2.83 bits per heavy atom. The van der Waals surface area contributed by atoms with Gasteiger partial charge < -0.3 is 9.64 Å². The van der Waals surface area contributed by atoms with Gasteiger partial charge in [0.1, 0.15) is 5.75 Å². The number of amides is 1. The van der Waals surface area contributed by atoms with Crippen LogP contribution in [0.1, 0.15) is 30.4 Å². The number of benzene rings is 1. The van der Waals surface area contributed by atoms with Crippen molar-refractivity contribution in [3.05, 3.63) is 42.1 Å². The van der Waals surface area contributed by atoms with E-state index in [1.807, 2.05) is 36.1 Å². The van der Waals surface area contributed by atoms with Gasteiger partial charge in [-0.1, -0.05) is 18.3 Å². The lowest BCUT2D eigenvalue weighted by Gasteiger charge is -2.23. The minimum atomic E-state index is 0.0822. The number of methoxy groups -OCH3 is 1. The number of fused-ring (bicyclic) bond motifs is 1.